The lowest BCUT2D eigenvalue weighted by Crippen LogP contribution is -2.44. The van der Waals surface area contributed by atoms with Crippen LogP contribution in [0.15, 0.2) is 53.1 Å². The highest BCUT2D eigenvalue weighted by Gasteiger charge is 2.35. The van der Waals surface area contributed by atoms with E-state index in [1.54, 1.807) is 20.1 Å². The Balaban J connectivity index is 1.76. The van der Waals surface area contributed by atoms with Crippen LogP contribution < -0.4 is 14.5 Å². The molecule has 0 aliphatic heterocycles. The van der Waals surface area contributed by atoms with Crippen molar-refractivity contribution >= 4 is 27.8 Å². The van der Waals surface area contributed by atoms with Crippen LogP contribution in [0.5, 0.6) is 0 Å². The van der Waals surface area contributed by atoms with Crippen molar-refractivity contribution in [2.75, 3.05) is 49.3 Å². The molecule has 216 valence electrons. The molecule has 1 aliphatic rings. The van der Waals surface area contributed by atoms with Crippen LogP contribution in [0.2, 0.25) is 0 Å². The first-order chi connectivity index (χ1) is 18.9. The third-order valence-electron chi connectivity index (χ3n) is 7.32. The van der Waals surface area contributed by atoms with E-state index in [9.17, 15) is 18.3 Å². The van der Waals surface area contributed by atoms with E-state index >= 15 is 0 Å². The number of carbonyl (C=O) groups is 1. The molecule has 2 heterocycles. The third kappa shape index (κ3) is 7.11. The average Bonchev–Trinajstić information content (AvgIpc) is 3.35. The lowest BCUT2D eigenvalue weighted by Gasteiger charge is -2.27. The second-order valence-corrected chi connectivity index (χ2v) is 12.7. The Morgan fingerprint density at radius 2 is 1.93 bits per heavy atom. The molecule has 1 amide bonds. The molecular formula is C28H37N5O6S. The quantitative estimate of drug-likeness (QED) is 0.312. The number of methoxy groups -OCH3 is 1. The molecule has 0 bridgehead atoms. The van der Waals surface area contributed by atoms with E-state index in [2.05, 4.69) is 22.1 Å². The fourth-order valence-corrected chi connectivity index (χ4v) is 5.08. The molecule has 3 aromatic rings. The fourth-order valence-electron chi connectivity index (χ4n) is 4.65. The van der Waals surface area contributed by atoms with Gasteiger partial charge in [-0.2, -0.15) is 0 Å². The van der Waals surface area contributed by atoms with Gasteiger partial charge >= 0.3 is 6.09 Å². The van der Waals surface area contributed by atoms with E-state index in [0.717, 1.165) is 29.1 Å². The van der Waals surface area contributed by atoms with Crippen molar-refractivity contribution < 1.29 is 27.5 Å². The molecule has 11 nitrogen and oxygen atoms in total. The van der Waals surface area contributed by atoms with Gasteiger partial charge in [0, 0.05) is 39.2 Å². The number of oxazole rings is 1. The van der Waals surface area contributed by atoms with Crippen LogP contribution in [-0.4, -0.2) is 69.7 Å². The number of ether oxygens (including phenoxy) is 1. The highest BCUT2D eigenvalue weighted by Crippen LogP contribution is 2.39. The van der Waals surface area contributed by atoms with Crippen LogP contribution in [0.1, 0.15) is 31.6 Å². The minimum atomic E-state index is -3.60. The smallest absolute Gasteiger partial charge is 0.405 e. The zero-order valence-corrected chi connectivity index (χ0v) is 24.3. The molecule has 40 heavy (non-hydrogen) atoms. The van der Waals surface area contributed by atoms with Gasteiger partial charge in [0.15, 0.2) is 5.76 Å². The number of sulfonamides is 1. The Bertz CT molecular complexity index is 1430. The summed E-state index contributed by atoms with van der Waals surface area (Å²) in [6.45, 7) is 5.76. The lowest BCUT2D eigenvalue weighted by molar-refractivity contribution is 0.174. The second-order valence-electron chi connectivity index (χ2n) is 10.7. The van der Waals surface area contributed by atoms with Crippen molar-refractivity contribution in [3.63, 3.8) is 0 Å². The monoisotopic (exact) mass is 571 g/mol. The van der Waals surface area contributed by atoms with Crippen LogP contribution in [0.4, 0.5) is 16.4 Å². The van der Waals surface area contributed by atoms with Gasteiger partial charge in [0.05, 0.1) is 19.1 Å². The topological polar surface area (TPSA) is 138 Å². The zero-order valence-electron chi connectivity index (χ0n) is 23.5. The number of nitrogens with zero attached hydrogens (tertiary/aromatic N) is 4. The Morgan fingerprint density at radius 3 is 2.52 bits per heavy atom. The molecule has 1 aromatic carbocycles. The van der Waals surface area contributed by atoms with E-state index in [0.29, 0.717) is 48.5 Å². The van der Waals surface area contributed by atoms with E-state index in [1.807, 2.05) is 36.4 Å². The summed E-state index contributed by atoms with van der Waals surface area (Å²) in [6, 6.07) is 12.9. The summed E-state index contributed by atoms with van der Waals surface area (Å²) in [5, 5.41) is 12.2. The number of amides is 1. The average molecular weight is 572 g/mol. The second kappa shape index (κ2) is 11.8. The standard InChI is InChI=1S/C28H37N5O6S/c1-19-13-22(19)18-33(11-12-38-4)25-15-21(14-24(30-25)32(3)40(5,36)37)26-29-17-23(39-26)28(2,31-27(34)35)16-20-9-7-6-8-10-20/h6-10,14-15,17,19,22,31H,11-13,16,18H2,1-5H3,(H,34,35)/t19-,22+,28-/m1/s1. The van der Waals surface area contributed by atoms with Gasteiger partial charge in [-0.05, 0) is 42.9 Å². The molecular weight excluding hydrogens is 534 g/mol. The SMILES string of the molecule is COCCN(C[C@@H]1C[C@H]1C)c1cc(-c2ncc([C@@](C)(Cc3ccccc3)NC(=O)O)o2)cc(N(C)S(C)(=O)=O)n1. The fraction of sp³-hybridized carbons (Fsp3) is 0.464. The summed E-state index contributed by atoms with van der Waals surface area (Å²) in [7, 11) is -0.516. The van der Waals surface area contributed by atoms with Crippen LogP contribution in [0.3, 0.4) is 0 Å². The summed E-state index contributed by atoms with van der Waals surface area (Å²) in [4.78, 5) is 23.0. The van der Waals surface area contributed by atoms with Gasteiger partial charge in [-0.1, -0.05) is 37.3 Å². The largest absolute Gasteiger partial charge is 0.465 e. The Hall–Kier alpha value is -3.64. The van der Waals surface area contributed by atoms with Crippen molar-refractivity contribution in [2.45, 2.75) is 32.2 Å². The van der Waals surface area contributed by atoms with Crippen LogP contribution in [0.25, 0.3) is 11.5 Å². The molecule has 0 unspecified atom stereocenters. The summed E-state index contributed by atoms with van der Waals surface area (Å²) >= 11 is 0. The number of anilines is 2. The van der Waals surface area contributed by atoms with Crippen molar-refractivity contribution in [1.82, 2.24) is 15.3 Å². The Kier molecular flexibility index (Phi) is 8.69. The maximum Gasteiger partial charge on any atom is 0.405 e. The van der Waals surface area contributed by atoms with Crippen LogP contribution >= 0.6 is 0 Å². The first kappa shape index (κ1) is 29.3. The van der Waals surface area contributed by atoms with Gasteiger partial charge in [-0.3, -0.25) is 4.31 Å². The number of pyridine rings is 1. The van der Waals surface area contributed by atoms with Crippen molar-refractivity contribution in [3.8, 4) is 11.5 Å². The highest BCUT2D eigenvalue weighted by atomic mass is 32.2. The molecule has 0 saturated heterocycles. The van der Waals surface area contributed by atoms with Gasteiger partial charge in [0.1, 0.15) is 17.2 Å². The van der Waals surface area contributed by atoms with Crippen molar-refractivity contribution in [1.29, 1.82) is 0 Å². The van der Waals surface area contributed by atoms with E-state index < -0.39 is 21.7 Å². The predicted octanol–water partition coefficient (Wildman–Crippen LogP) is 3.97. The summed E-state index contributed by atoms with van der Waals surface area (Å²) in [5.41, 5.74) is 0.334. The molecule has 1 saturated carbocycles. The van der Waals surface area contributed by atoms with Crippen molar-refractivity contribution in [3.05, 3.63) is 60.0 Å². The highest BCUT2D eigenvalue weighted by molar-refractivity contribution is 7.92. The van der Waals surface area contributed by atoms with Gasteiger partial charge in [-0.25, -0.2) is 23.2 Å². The normalized spacial score (nSPS) is 18.1. The minimum absolute atomic E-state index is 0.219. The summed E-state index contributed by atoms with van der Waals surface area (Å²) < 4.78 is 37.5. The maximum absolute atomic E-state index is 12.4. The first-order valence-electron chi connectivity index (χ1n) is 13.1. The third-order valence-corrected chi connectivity index (χ3v) is 8.50. The van der Waals surface area contributed by atoms with Crippen molar-refractivity contribution in [2.24, 2.45) is 11.8 Å². The van der Waals surface area contributed by atoms with Gasteiger partial charge in [0.2, 0.25) is 15.9 Å². The number of aromatic nitrogens is 2. The molecule has 2 N–H and O–H groups in total. The predicted molar refractivity (Wildman–Crippen MR) is 153 cm³/mol. The molecule has 3 atom stereocenters. The number of benzene rings is 1. The molecule has 1 aliphatic carbocycles. The number of rotatable bonds is 13. The first-order valence-corrected chi connectivity index (χ1v) is 15.0. The number of hydrogen-bond acceptors (Lipinski definition) is 8. The Morgan fingerprint density at radius 1 is 1.25 bits per heavy atom. The van der Waals surface area contributed by atoms with Gasteiger partial charge in [0.25, 0.3) is 0 Å². The number of nitrogens with one attached hydrogen (secondary N) is 1. The van der Waals surface area contributed by atoms with Crippen LogP contribution in [0, 0.1) is 11.8 Å². The molecule has 1 fully saturated rings. The van der Waals surface area contributed by atoms with Gasteiger partial charge < -0.3 is 24.5 Å². The maximum atomic E-state index is 12.4. The number of hydrogen-bond donors (Lipinski definition) is 2. The van der Waals surface area contributed by atoms with E-state index in [4.69, 9.17) is 14.1 Å². The molecule has 12 heteroatoms. The summed E-state index contributed by atoms with van der Waals surface area (Å²) in [6.07, 6.45) is 2.89. The minimum Gasteiger partial charge on any atom is -0.465 e. The molecule has 4 rings (SSSR count). The molecule has 0 spiro atoms. The van der Waals surface area contributed by atoms with Crippen LogP contribution in [-0.2, 0) is 26.7 Å². The number of carboxylic acid groups (broad SMARTS) is 1. The Labute approximate surface area is 235 Å². The van der Waals surface area contributed by atoms with E-state index in [-0.39, 0.29) is 11.7 Å². The van der Waals surface area contributed by atoms with Gasteiger partial charge in [-0.15, -0.1) is 0 Å². The lowest BCUT2D eigenvalue weighted by atomic mass is 9.91. The van der Waals surface area contributed by atoms with E-state index in [1.165, 1.54) is 13.2 Å². The zero-order chi connectivity index (χ0) is 29.1. The molecule has 2 aromatic heterocycles. The summed E-state index contributed by atoms with van der Waals surface area (Å²) in [5.74, 6) is 2.48. The molecule has 0 radical (unpaired) electrons.